The summed E-state index contributed by atoms with van der Waals surface area (Å²) in [5.41, 5.74) is 7.93. The maximum Gasteiger partial charge on any atom is 0.409 e. The van der Waals surface area contributed by atoms with Crippen molar-refractivity contribution >= 4 is 23.4 Å². The maximum absolute atomic E-state index is 10.7. The van der Waals surface area contributed by atoms with Crippen molar-refractivity contribution in [3.8, 4) is 0 Å². The van der Waals surface area contributed by atoms with E-state index in [4.69, 9.17) is 15.7 Å². The second-order valence-corrected chi connectivity index (χ2v) is 2.65. The van der Waals surface area contributed by atoms with Gasteiger partial charge in [0, 0.05) is 10.6 Å². The van der Waals surface area contributed by atoms with Crippen LogP contribution in [0.25, 0.3) is 10.4 Å². The zero-order valence-corrected chi connectivity index (χ0v) is 7.78. The topological polar surface area (TPSA) is 135 Å². The Bertz CT molecular complexity index is 493. The number of nitrogens with one attached hydrogen (secondary N) is 1. The molecule has 16 heavy (non-hydrogen) atoms. The quantitative estimate of drug-likeness (QED) is 0.410. The van der Waals surface area contributed by atoms with E-state index in [1.807, 2.05) is 5.32 Å². The highest BCUT2D eigenvalue weighted by Crippen LogP contribution is 2.23. The van der Waals surface area contributed by atoms with E-state index < -0.39 is 12.1 Å². The molecule has 0 heterocycles. The Hall–Kier alpha value is -2.73. The minimum absolute atomic E-state index is 0.122. The molecular weight excluding hydrogens is 216 g/mol. The summed E-state index contributed by atoms with van der Waals surface area (Å²) >= 11 is 0. The fourth-order valence-corrected chi connectivity index (χ4v) is 1.05. The third-order valence-corrected chi connectivity index (χ3v) is 1.64. The lowest BCUT2D eigenvalue weighted by atomic mass is 10.1. The first-order valence-corrected chi connectivity index (χ1v) is 3.97. The van der Waals surface area contributed by atoms with E-state index in [1.165, 1.54) is 6.07 Å². The molecule has 1 aromatic rings. The normalized spacial score (nSPS) is 9.00. The lowest BCUT2D eigenvalue weighted by Gasteiger charge is -2.05. The van der Waals surface area contributed by atoms with E-state index in [-0.39, 0.29) is 16.9 Å². The van der Waals surface area contributed by atoms with Gasteiger partial charge in [0.05, 0.1) is 11.3 Å². The Morgan fingerprint density at radius 1 is 1.38 bits per heavy atom. The Morgan fingerprint density at radius 2 is 2.06 bits per heavy atom. The zero-order valence-electron chi connectivity index (χ0n) is 7.78. The van der Waals surface area contributed by atoms with Crippen LogP contribution in [0.1, 0.15) is 10.4 Å². The summed E-state index contributed by atoms with van der Waals surface area (Å²) in [6.07, 6.45) is -1.40. The van der Waals surface area contributed by atoms with E-state index in [0.717, 1.165) is 12.1 Å². The molecule has 0 saturated carbocycles. The van der Waals surface area contributed by atoms with Gasteiger partial charge in [-0.3, -0.25) is 5.32 Å². The van der Waals surface area contributed by atoms with E-state index in [9.17, 15) is 9.59 Å². The van der Waals surface area contributed by atoms with Crippen molar-refractivity contribution in [3.05, 3.63) is 34.2 Å². The van der Waals surface area contributed by atoms with Gasteiger partial charge in [-0.25, -0.2) is 9.59 Å². The van der Waals surface area contributed by atoms with Crippen molar-refractivity contribution in [1.82, 2.24) is 0 Å². The number of aromatic carboxylic acids is 1. The minimum atomic E-state index is -1.40. The second kappa shape index (κ2) is 4.67. The average Bonchev–Trinajstić information content (AvgIpc) is 2.16. The summed E-state index contributed by atoms with van der Waals surface area (Å²) in [4.78, 5) is 23.6. The molecule has 0 fully saturated rings. The summed E-state index contributed by atoms with van der Waals surface area (Å²) < 4.78 is 0. The van der Waals surface area contributed by atoms with Crippen molar-refractivity contribution in [2.45, 2.75) is 0 Å². The Kier molecular flexibility index (Phi) is 3.31. The van der Waals surface area contributed by atoms with Crippen LogP contribution in [0.15, 0.2) is 23.3 Å². The number of amides is 1. The predicted octanol–water partition coefficient (Wildman–Crippen LogP) is 2.42. The number of nitrogens with zero attached hydrogens (tertiary/aromatic N) is 3. The van der Waals surface area contributed by atoms with Crippen LogP contribution >= 0.6 is 0 Å². The second-order valence-electron chi connectivity index (χ2n) is 2.65. The molecule has 0 aliphatic heterocycles. The van der Waals surface area contributed by atoms with Crippen LogP contribution < -0.4 is 5.32 Å². The van der Waals surface area contributed by atoms with Gasteiger partial charge in [0.25, 0.3) is 0 Å². The Morgan fingerprint density at radius 3 is 2.56 bits per heavy atom. The van der Waals surface area contributed by atoms with Crippen molar-refractivity contribution in [2.75, 3.05) is 5.32 Å². The standard InChI is InChI=1S/C8H6N4O4/c9-12-11-4-1-2-5(7(13)14)6(3-4)10-8(15)16/h1-3,10H,(H,13,14)(H,15,16). The number of carbonyl (C=O) groups is 2. The molecule has 0 radical (unpaired) electrons. The number of benzene rings is 1. The number of hydrogen-bond donors (Lipinski definition) is 3. The highest BCUT2D eigenvalue weighted by molar-refractivity contribution is 5.99. The Balaban J connectivity index is 3.25. The molecule has 82 valence electrons. The number of carboxylic acids is 1. The van der Waals surface area contributed by atoms with Gasteiger partial charge in [0.15, 0.2) is 0 Å². The molecule has 1 amide bonds. The van der Waals surface area contributed by atoms with Gasteiger partial charge in [-0.05, 0) is 17.7 Å². The molecule has 0 aliphatic carbocycles. The van der Waals surface area contributed by atoms with Crippen molar-refractivity contribution in [3.63, 3.8) is 0 Å². The van der Waals surface area contributed by atoms with Gasteiger partial charge in [0.1, 0.15) is 0 Å². The van der Waals surface area contributed by atoms with Crippen LogP contribution in [0, 0.1) is 0 Å². The van der Waals surface area contributed by atoms with Crippen LogP contribution in [0.3, 0.4) is 0 Å². The molecule has 8 heteroatoms. The van der Waals surface area contributed by atoms with Gasteiger partial charge in [0.2, 0.25) is 0 Å². The van der Waals surface area contributed by atoms with Gasteiger partial charge >= 0.3 is 12.1 Å². The molecule has 0 saturated heterocycles. The maximum atomic E-state index is 10.7. The minimum Gasteiger partial charge on any atom is -0.478 e. The van der Waals surface area contributed by atoms with Crippen LogP contribution in [0.2, 0.25) is 0 Å². The number of hydrogen-bond acceptors (Lipinski definition) is 3. The van der Waals surface area contributed by atoms with Crippen molar-refractivity contribution < 1.29 is 19.8 Å². The number of rotatable bonds is 3. The summed E-state index contributed by atoms with van der Waals surface area (Å²) in [6, 6.07) is 3.56. The molecule has 8 nitrogen and oxygen atoms in total. The fourth-order valence-electron chi connectivity index (χ4n) is 1.05. The molecule has 0 aromatic heterocycles. The van der Waals surface area contributed by atoms with Crippen LogP contribution in [0.4, 0.5) is 16.2 Å². The number of anilines is 1. The van der Waals surface area contributed by atoms with E-state index in [2.05, 4.69) is 10.0 Å². The third kappa shape index (κ3) is 2.63. The SMILES string of the molecule is [N-]=[N+]=Nc1ccc(C(=O)O)c(NC(=O)O)c1. The molecule has 0 atom stereocenters. The number of carboxylic acid groups (broad SMARTS) is 2. The van der Waals surface area contributed by atoms with Crippen LogP contribution in [-0.2, 0) is 0 Å². The third-order valence-electron chi connectivity index (χ3n) is 1.64. The molecule has 3 N–H and O–H groups in total. The summed E-state index contributed by atoms with van der Waals surface area (Å²) in [7, 11) is 0. The van der Waals surface area contributed by atoms with E-state index >= 15 is 0 Å². The average molecular weight is 222 g/mol. The summed E-state index contributed by atoms with van der Waals surface area (Å²) in [5, 5.41) is 22.4. The van der Waals surface area contributed by atoms with Crippen molar-refractivity contribution in [2.24, 2.45) is 5.11 Å². The molecular formula is C8H6N4O4. The van der Waals surface area contributed by atoms with Gasteiger partial charge in [-0.2, -0.15) is 0 Å². The first kappa shape index (κ1) is 11.3. The van der Waals surface area contributed by atoms with Gasteiger partial charge < -0.3 is 10.2 Å². The summed E-state index contributed by atoms with van der Waals surface area (Å²) in [5.74, 6) is -1.28. The van der Waals surface area contributed by atoms with Crippen LogP contribution in [0.5, 0.6) is 0 Å². The van der Waals surface area contributed by atoms with Gasteiger partial charge in [-0.1, -0.05) is 11.2 Å². The molecule has 0 spiro atoms. The Labute approximate surface area is 88.8 Å². The zero-order chi connectivity index (χ0) is 12.1. The highest BCUT2D eigenvalue weighted by Gasteiger charge is 2.12. The van der Waals surface area contributed by atoms with Gasteiger partial charge in [-0.15, -0.1) is 0 Å². The molecule has 1 aromatic carbocycles. The predicted molar refractivity (Wildman–Crippen MR) is 53.9 cm³/mol. The lowest BCUT2D eigenvalue weighted by Crippen LogP contribution is -2.11. The van der Waals surface area contributed by atoms with Crippen molar-refractivity contribution in [1.29, 1.82) is 0 Å². The summed E-state index contributed by atoms with van der Waals surface area (Å²) in [6.45, 7) is 0. The van der Waals surface area contributed by atoms with Crippen LogP contribution in [-0.4, -0.2) is 22.3 Å². The monoisotopic (exact) mass is 222 g/mol. The largest absolute Gasteiger partial charge is 0.478 e. The lowest BCUT2D eigenvalue weighted by molar-refractivity contribution is 0.0698. The molecule has 0 aliphatic rings. The molecule has 0 bridgehead atoms. The first-order valence-electron chi connectivity index (χ1n) is 3.97. The molecule has 1 rings (SSSR count). The smallest absolute Gasteiger partial charge is 0.409 e. The highest BCUT2D eigenvalue weighted by atomic mass is 16.4. The molecule has 0 unspecified atom stereocenters. The van der Waals surface area contributed by atoms with E-state index in [0.29, 0.717) is 0 Å². The fraction of sp³-hybridized carbons (Fsp3) is 0. The van der Waals surface area contributed by atoms with E-state index in [1.54, 1.807) is 0 Å². The number of azide groups is 1. The first-order chi connectivity index (χ1) is 7.54.